The van der Waals surface area contributed by atoms with Gasteiger partial charge in [-0.15, -0.1) is 0 Å². The fourth-order valence-corrected chi connectivity index (χ4v) is 2.92. The van der Waals surface area contributed by atoms with Gasteiger partial charge in [-0.3, -0.25) is 10.1 Å². The first-order chi connectivity index (χ1) is 8.54. The topological polar surface area (TPSA) is 87.0 Å². The van der Waals surface area contributed by atoms with Gasteiger partial charge in [0.25, 0.3) is 0 Å². The zero-order valence-electron chi connectivity index (χ0n) is 10.9. The van der Waals surface area contributed by atoms with Gasteiger partial charge in [0.2, 0.25) is 5.82 Å². The largest absolute Gasteiger partial charge is 0.378 e. The molecular formula is C12H20N4O2. The van der Waals surface area contributed by atoms with E-state index in [9.17, 15) is 10.1 Å². The van der Waals surface area contributed by atoms with Crippen LogP contribution in [-0.2, 0) is 0 Å². The Kier molecular flexibility index (Phi) is 3.54. The van der Waals surface area contributed by atoms with Gasteiger partial charge in [-0.1, -0.05) is 26.2 Å². The van der Waals surface area contributed by atoms with E-state index in [0.29, 0.717) is 11.6 Å². The second-order valence-electron chi connectivity index (χ2n) is 5.12. The second kappa shape index (κ2) is 4.96. The molecule has 0 aliphatic heterocycles. The Morgan fingerprint density at radius 2 is 2.28 bits per heavy atom. The predicted molar refractivity (Wildman–Crippen MR) is 69.3 cm³/mol. The number of nitrogens with zero attached hydrogens (tertiary/aromatic N) is 3. The summed E-state index contributed by atoms with van der Waals surface area (Å²) in [4.78, 5) is 10.5. The van der Waals surface area contributed by atoms with Gasteiger partial charge in [0.1, 0.15) is 5.69 Å². The molecule has 0 saturated heterocycles. The molecule has 18 heavy (non-hydrogen) atoms. The fourth-order valence-electron chi connectivity index (χ4n) is 2.92. The van der Waals surface area contributed by atoms with Crippen molar-refractivity contribution in [1.82, 2.24) is 9.78 Å². The van der Waals surface area contributed by atoms with E-state index in [-0.39, 0.29) is 17.5 Å². The molecule has 6 nitrogen and oxygen atoms in total. The van der Waals surface area contributed by atoms with Crippen molar-refractivity contribution in [3.05, 3.63) is 15.8 Å². The normalized spacial score (nSPS) is 24.1. The van der Waals surface area contributed by atoms with Crippen molar-refractivity contribution in [2.45, 2.75) is 52.0 Å². The van der Waals surface area contributed by atoms with E-state index in [1.165, 1.54) is 6.42 Å². The van der Waals surface area contributed by atoms with Crippen LogP contribution in [0.1, 0.15) is 50.8 Å². The molecule has 0 spiro atoms. The molecule has 6 heteroatoms. The van der Waals surface area contributed by atoms with Crippen LogP contribution in [0.5, 0.6) is 0 Å². The third-order valence-electron chi connectivity index (χ3n) is 3.95. The number of hydrogen-bond acceptors (Lipinski definition) is 4. The Hall–Kier alpha value is -1.59. The minimum atomic E-state index is -0.436. The Labute approximate surface area is 106 Å². The van der Waals surface area contributed by atoms with Crippen LogP contribution < -0.4 is 5.73 Å². The van der Waals surface area contributed by atoms with Gasteiger partial charge < -0.3 is 5.73 Å². The first-order valence-corrected chi connectivity index (χ1v) is 6.53. The summed E-state index contributed by atoms with van der Waals surface area (Å²) in [5.74, 6) is 0.894. The van der Waals surface area contributed by atoms with Gasteiger partial charge in [-0.2, -0.15) is 5.10 Å². The molecule has 2 N–H and O–H groups in total. The number of nitro groups is 1. The van der Waals surface area contributed by atoms with Crippen LogP contribution in [0.2, 0.25) is 0 Å². The maximum Gasteiger partial charge on any atom is 0.333 e. The molecule has 0 aromatic carbocycles. The highest BCUT2D eigenvalue weighted by Crippen LogP contribution is 2.37. The number of hydrogen-bond donors (Lipinski definition) is 1. The van der Waals surface area contributed by atoms with Crippen LogP contribution in [0.4, 0.5) is 11.5 Å². The standard InChI is InChI=1S/C12H20N4O2/c1-3-9-5-4-6-10(7-9)15-12(13)11(16(17)18)8(2)14-15/h9-10H,3-7,13H2,1-2H3. The molecule has 0 amide bonds. The number of anilines is 1. The number of nitrogens with two attached hydrogens (primary N) is 1. The third kappa shape index (κ3) is 2.19. The van der Waals surface area contributed by atoms with E-state index >= 15 is 0 Å². The summed E-state index contributed by atoms with van der Waals surface area (Å²) in [5.41, 5.74) is 6.26. The summed E-state index contributed by atoms with van der Waals surface area (Å²) in [6.45, 7) is 3.83. The molecule has 1 saturated carbocycles. The molecule has 2 unspecified atom stereocenters. The van der Waals surface area contributed by atoms with Crippen molar-refractivity contribution >= 4 is 11.5 Å². The molecule has 2 atom stereocenters. The summed E-state index contributed by atoms with van der Waals surface area (Å²) in [5, 5.41) is 15.2. The second-order valence-corrected chi connectivity index (χ2v) is 5.12. The molecule has 2 rings (SSSR count). The molecule has 1 fully saturated rings. The molecule has 0 bridgehead atoms. The van der Waals surface area contributed by atoms with Crippen molar-refractivity contribution in [3.8, 4) is 0 Å². The van der Waals surface area contributed by atoms with Crippen molar-refractivity contribution in [2.75, 3.05) is 5.73 Å². The molecule has 0 radical (unpaired) electrons. The predicted octanol–water partition coefficient (Wildman–Crippen LogP) is 2.82. The monoisotopic (exact) mass is 252 g/mol. The first-order valence-electron chi connectivity index (χ1n) is 6.53. The zero-order valence-corrected chi connectivity index (χ0v) is 10.9. The van der Waals surface area contributed by atoms with Gasteiger partial charge in [0.15, 0.2) is 0 Å². The quantitative estimate of drug-likeness (QED) is 0.662. The Morgan fingerprint density at radius 1 is 1.56 bits per heavy atom. The lowest BCUT2D eigenvalue weighted by atomic mass is 9.84. The number of rotatable bonds is 3. The third-order valence-corrected chi connectivity index (χ3v) is 3.95. The van der Waals surface area contributed by atoms with Crippen LogP contribution >= 0.6 is 0 Å². The van der Waals surface area contributed by atoms with Gasteiger partial charge in [-0.25, -0.2) is 4.68 Å². The summed E-state index contributed by atoms with van der Waals surface area (Å²) in [6.07, 6.45) is 5.58. The molecule has 100 valence electrons. The maximum absolute atomic E-state index is 10.9. The molecular weight excluding hydrogens is 232 g/mol. The van der Waals surface area contributed by atoms with Crippen molar-refractivity contribution in [3.63, 3.8) is 0 Å². The van der Waals surface area contributed by atoms with E-state index in [0.717, 1.165) is 25.7 Å². The van der Waals surface area contributed by atoms with Gasteiger partial charge >= 0.3 is 5.69 Å². The Morgan fingerprint density at radius 3 is 2.83 bits per heavy atom. The minimum absolute atomic E-state index is 0.0337. The summed E-state index contributed by atoms with van der Waals surface area (Å²) < 4.78 is 1.68. The zero-order chi connectivity index (χ0) is 13.3. The van der Waals surface area contributed by atoms with Crippen molar-refractivity contribution < 1.29 is 4.92 Å². The van der Waals surface area contributed by atoms with E-state index in [1.807, 2.05) is 0 Å². The Bertz CT molecular complexity index is 455. The summed E-state index contributed by atoms with van der Waals surface area (Å²) in [7, 11) is 0. The highest BCUT2D eigenvalue weighted by molar-refractivity contribution is 5.56. The van der Waals surface area contributed by atoms with Gasteiger partial charge in [0, 0.05) is 0 Å². The molecule has 1 aliphatic rings. The van der Waals surface area contributed by atoms with Crippen LogP contribution in [0.3, 0.4) is 0 Å². The fraction of sp³-hybridized carbons (Fsp3) is 0.750. The van der Waals surface area contributed by atoms with Crippen molar-refractivity contribution in [1.29, 1.82) is 0 Å². The highest BCUT2D eigenvalue weighted by Gasteiger charge is 2.29. The van der Waals surface area contributed by atoms with E-state index in [1.54, 1.807) is 11.6 Å². The molecule has 1 heterocycles. The lowest BCUT2D eigenvalue weighted by molar-refractivity contribution is -0.384. The first kappa shape index (κ1) is 12.9. The van der Waals surface area contributed by atoms with Crippen LogP contribution in [0.25, 0.3) is 0 Å². The van der Waals surface area contributed by atoms with Crippen LogP contribution in [0, 0.1) is 23.0 Å². The van der Waals surface area contributed by atoms with Gasteiger partial charge in [0.05, 0.1) is 11.0 Å². The molecule has 1 aromatic heterocycles. The van der Waals surface area contributed by atoms with E-state index in [2.05, 4.69) is 12.0 Å². The van der Waals surface area contributed by atoms with Crippen molar-refractivity contribution in [2.24, 2.45) is 5.92 Å². The van der Waals surface area contributed by atoms with Gasteiger partial charge in [-0.05, 0) is 25.7 Å². The molecule has 1 aromatic rings. The van der Waals surface area contributed by atoms with Crippen LogP contribution in [-0.4, -0.2) is 14.7 Å². The maximum atomic E-state index is 10.9. The average Bonchev–Trinajstić information content (AvgIpc) is 2.65. The molecule has 1 aliphatic carbocycles. The summed E-state index contributed by atoms with van der Waals surface area (Å²) in [6, 6.07) is 0.219. The SMILES string of the molecule is CCC1CCCC(n2nc(C)c([N+](=O)[O-])c2N)C1. The number of aromatic nitrogens is 2. The average molecular weight is 252 g/mol. The summed E-state index contributed by atoms with van der Waals surface area (Å²) >= 11 is 0. The minimum Gasteiger partial charge on any atom is -0.378 e. The number of aryl methyl sites for hydroxylation is 1. The lowest BCUT2D eigenvalue weighted by Gasteiger charge is -2.28. The Balaban J connectivity index is 2.28. The van der Waals surface area contributed by atoms with Crippen LogP contribution in [0.15, 0.2) is 0 Å². The smallest absolute Gasteiger partial charge is 0.333 e. The lowest BCUT2D eigenvalue weighted by Crippen LogP contribution is -2.21. The van der Waals surface area contributed by atoms with E-state index in [4.69, 9.17) is 5.73 Å². The van der Waals surface area contributed by atoms with E-state index < -0.39 is 4.92 Å². The number of nitrogen functional groups attached to an aromatic ring is 1. The highest BCUT2D eigenvalue weighted by atomic mass is 16.6.